The Morgan fingerprint density at radius 1 is 1.53 bits per heavy atom. The summed E-state index contributed by atoms with van der Waals surface area (Å²) in [5.41, 5.74) is 0.709. The van der Waals surface area contributed by atoms with Crippen LogP contribution in [0, 0.1) is 0 Å². The average molecular weight is 279 g/mol. The van der Waals surface area contributed by atoms with Crippen LogP contribution in [0.2, 0.25) is 0 Å². The highest BCUT2D eigenvalue weighted by Crippen LogP contribution is 2.26. The van der Waals surface area contributed by atoms with E-state index >= 15 is 0 Å². The third-order valence-electron chi connectivity index (χ3n) is 3.61. The number of carbonyl (C=O) groups is 1. The van der Waals surface area contributed by atoms with Crippen LogP contribution in [0.25, 0.3) is 0 Å². The molecule has 3 nitrogen and oxygen atoms in total. The Balaban J connectivity index is 2.13. The summed E-state index contributed by atoms with van der Waals surface area (Å²) in [5.74, 6) is 0.203. The molecule has 19 heavy (non-hydrogen) atoms. The largest absolute Gasteiger partial charge is 0.379 e. The number of ether oxygens (including phenoxy) is 1. The molecule has 4 heteroatoms. The molecule has 0 saturated carbocycles. The minimum Gasteiger partial charge on any atom is -0.379 e. The molecule has 1 aliphatic heterocycles. The maximum absolute atomic E-state index is 12.7. The molecule has 0 atom stereocenters. The summed E-state index contributed by atoms with van der Waals surface area (Å²) in [4.78, 5) is 15.7. The van der Waals surface area contributed by atoms with Crippen LogP contribution in [0.5, 0.6) is 0 Å². The molecule has 1 aliphatic rings. The van der Waals surface area contributed by atoms with Crippen molar-refractivity contribution in [2.45, 2.75) is 25.8 Å². The van der Waals surface area contributed by atoms with Crippen molar-refractivity contribution in [3.63, 3.8) is 0 Å². The van der Waals surface area contributed by atoms with E-state index in [1.807, 2.05) is 31.4 Å². The first-order chi connectivity index (χ1) is 9.05. The predicted molar refractivity (Wildman–Crippen MR) is 79.0 cm³/mol. The third kappa shape index (κ3) is 3.14. The molecule has 0 N–H and O–H groups in total. The molecule has 1 saturated heterocycles. The highest BCUT2D eigenvalue weighted by atomic mass is 32.1. The van der Waals surface area contributed by atoms with E-state index in [2.05, 4.69) is 11.5 Å². The van der Waals surface area contributed by atoms with Gasteiger partial charge in [0.2, 0.25) is 0 Å². The second kappa shape index (κ2) is 5.99. The second-order valence-corrected chi connectivity index (χ2v) is 6.21. The molecule has 0 radical (unpaired) electrons. The lowest BCUT2D eigenvalue weighted by Crippen LogP contribution is -2.54. The summed E-state index contributed by atoms with van der Waals surface area (Å²) in [5, 5.41) is 2.05. The van der Waals surface area contributed by atoms with Crippen molar-refractivity contribution in [3.05, 3.63) is 34.5 Å². The van der Waals surface area contributed by atoms with Crippen LogP contribution in [-0.2, 0) is 11.2 Å². The number of rotatable bonds is 5. The predicted octanol–water partition coefficient (Wildman–Crippen LogP) is 2.77. The minimum atomic E-state index is -0.458. The monoisotopic (exact) mass is 279 g/mol. The molecule has 2 heterocycles. The first kappa shape index (κ1) is 14.4. The van der Waals surface area contributed by atoms with Gasteiger partial charge in [0.05, 0.1) is 23.6 Å². The molecule has 0 amide bonds. The lowest BCUT2D eigenvalue weighted by Gasteiger charge is -2.39. The van der Waals surface area contributed by atoms with Gasteiger partial charge >= 0.3 is 0 Å². The number of ketones is 1. The molecule has 0 aliphatic carbocycles. The van der Waals surface area contributed by atoms with Crippen LogP contribution in [0.3, 0.4) is 0 Å². The van der Waals surface area contributed by atoms with Crippen LogP contribution in [0.15, 0.2) is 24.1 Å². The van der Waals surface area contributed by atoms with E-state index in [-0.39, 0.29) is 5.78 Å². The molecule has 1 fully saturated rings. The SMILES string of the molecule is C=CCc1csc(C(=O)C(C)(C)N2CCOCC2)c1. The van der Waals surface area contributed by atoms with Gasteiger partial charge in [-0.15, -0.1) is 17.9 Å². The van der Waals surface area contributed by atoms with E-state index in [1.54, 1.807) is 0 Å². The first-order valence-electron chi connectivity index (χ1n) is 6.61. The second-order valence-electron chi connectivity index (χ2n) is 5.30. The number of morpholine rings is 1. The number of hydrogen-bond acceptors (Lipinski definition) is 4. The third-order valence-corrected chi connectivity index (χ3v) is 4.59. The molecule has 0 unspecified atom stereocenters. The number of thiophene rings is 1. The number of hydrogen-bond donors (Lipinski definition) is 0. The van der Waals surface area contributed by atoms with Crippen LogP contribution in [-0.4, -0.2) is 42.5 Å². The van der Waals surface area contributed by atoms with Crippen molar-refractivity contribution < 1.29 is 9.53 Å². The van der Waals surface area contributed by atoms with E-state index in [4.69, 9.17) is 4.74 Å². The fourth-order valence-electron chi connectivity index (χ4n) is 2.34. The fourth-order valence-corrected chi connectivity index (χ4v) is 3.35. The van der Waals surface area contributed by atoms with Crippen molar-refractivity contribution in [2.24, 2.45) is 0 Å². The van der Waals surface area contributed by atoms with Gasteiger partial charge in [0.25, 0.3) is 0 Å². The van der Waals surface area contributed by atoms with E-state index in [9.17, 15) is 4.79 Å². The summed E-state index contributed by atoms with van der Waals surface area (Å²) in [6.07, 6.45) is 2.69. The molecule has 0 aromatic carbocycles. The summed E-state index contributed by atoms with van der Waals surface area (Å²) >= 11 is 1.53. The van der Waals surface area contributed by atoms with Crippen molar-refractivity contribution in [1.29, 1.82) is 0 Å². The lowest BCUT2D eigenvalue weighted by atomic mass is 9.94. The Labute approximate surface area is 118 Å². The van der Waals surface area contributed by atoms with Crippen LogP contribution < -0.4 is 0 Å². The van der Waals surface area contributed by atoms with Gasteiger partial charge in [-0.05, 0) is 37.3 Å². The van der Waals surface area contributed by atoms with Crippen LogP contribution in [0.4, 0.5) is 0 Å². The van der Waals surface area contributed by atoms with Gasteiger partial charge < -0.3 is 4.74 Å². The maximum atomic E-state index is 12.7. The summed E-state index contributed by atoms with van der Waals surface area (Å²) in [6.45, 7) is 10.8. The van der Waals surface area contributed by atoms with Gasteiger partial charge in [0.15, 0.2) is 5.78 Å². The molecule has 1 aromatic rings. The number of allylic oxidation sites excluding steroid dienone is 1. The zero-order valence-corrected chi connectivity index (χ0v) is 12.5. The Morgan fingerprint density at radius 2 is 2.21 bits per heavy atom. The fraction of sp³-hybridized carbons (Fsp3) is 0.533. The number of carbonyl (C=O) groups excluding carboxylic acids is 1. The van der Waals surface area contributed by atoms with Gasteiger partial charge in [-0.3, -0.25) is 9.69 Å². The lowest BCUT2D eigenvalue weighted by molar-refractivity contribution is -0.00414. The normalized spacial score (nSPS) is 17.4. The van der Waals surface area contributed by atoms with Gasteiger partial charge in [-0.2, -0.15) is 0 Å². The van der Waals surface area contributed by atoms with Crippen molar-refractivity contribution in [2.75, 3.05) is 26.3 Å². The molecule has 0 spiro atoms. The van der Waals surface area contributed by atoms with E-state index < -0.39 is 5.54 Å². The maximum Gasteiger partial charge on any atom is 0.192 e. The number of nitrogens with zero attached hydrogens (tertiary/aromatic N) is 1. The molecular weight excluding hydrogens is 258 g/mol. The Kier molecular flexibility index (Phi) is 4.55. The Morgan fingerprint density at radius 3 is 2.84 bits per heavy atom. The van der Waals surface area contributed by atoms with E-state index in [0.717, 1.165) is 24.4 Å². The average Bonchev–Trinajstić information content (AvgIpc) is 2.88. The summed E-state index contributed by atoms with van der Waals surface area (Å²) in [6, 6.07) is 2.00. The minimum absolute atomic E-state index is 0.203. The molecular formula is C15H21NO2S. The zero-order chi connectivity index (χ0) is 13.9. The molecule has 104 valence electrons. The van der Waals surface area contributed by atoms with E-state index in [0.29, 0.717) is 13.2 Å². The quantitative estimate of drug-likeness (QED) is 0.613. The van der Waals surface area contributed by atoms with Gasteiger partial charge in [-0.1, -0.05) is 6.08 Å². The highest BCUT2D eigenvalue weighted by molar-refractivity contribution is 7.12. The molecule has 0 bridgehead atoms. The highest BCUT2D eigenvalue weighted by Gasteiger charge is 2.36. The Hall–Kier alpha value is -0.970. The summed E-state index contributed by atoms with van der Waals surface area (Å²) in [7, 11) is 0. The van der Waals surface area contributed by atoms with Crippen molar-refractivity contribution in [3.8, 4) is 0 Å². The van der Waals surface area contributed by atoms with Crippen molar-refractivity contribution >= 4 is 17.1 Å². The smallest absolute Gasteiger partial charge is 0.192 e. The molecule has 1 aromatic heterocycles. The molecule has 2 rings (SSSR count). The van der Waals surface area contributed by atoms with Gasteiger partial charge in [0.1, 0.15) is 0 Å². The Bertz CT molecular complexity index is 458. The van der Waals surface area contributed by atoms with Crippen molar-refractivity contribution in [1.82, 2.24) is 4.90 Å². The summed E-state index contributed by atoms with van der Waals surface area (Å²) < 4.78 is 5.35. The van der Waals surface area contributed by atoms with Crippen LogP contribution in [0.1, 0.15) is 29.1 Å². The van der Waals surface area contributed by atoms with E-state index in [1.165, 1.54) is 16.9 Å². The topological polar surface area (TPSA) is 29.5 Å². The zero-order valence-electron chi connectivity index (χ0n) is 11.6. The standard InChI is InChI=1S/C15H21NO2S/c1-4-5-12-10-13(19-11-12)14(17)15(2,3)16-6-8-18-9-7-16/h4,10-11H,1,5-9H2,2-3H3. The first-order valence-corrected chi connectivity index (χ1v) is 7.49. The van der Waals surface area contributed by atoms with Gasteiger partial charge in [-0.25, -0.2) is 0 Å². The van der Waals surface area contributed by atoms with Crippen LogP contribution >= 0.6 is 11.3 Å². The number of Topliss-reactive ketones (excluding diaryl/α,β-unsaturated/α-hetero) is 1. The van der Waals surface area contributed by atoms with Gasteiger partial charge in [0, 0.05) is 13.1 Å².